The summed E-state index contributed by atoms with van der Waals surface area (Å²) in [5.74, 6) is -1.82. The maximum absolute atomic E-state index is 13.6. The third-order valence-electron chi connectivity index (χ3n) is 8.39. The first-order chi connectivity index (χ1) is 20.8. The summed E-state index contributed by atoms with van der Waals surface area (Å²) in [6, 6.07) is 3.51. The van der Waals surface area contributed by atoms with Crippen LogP contribution in [0.2, 0.25) is 0 Å². The average molecular weight is 612 g/mol. The van der Waals surface area contributed by atoms with Crippen molar-refractivity contribution < 1.29 is 18.0 Å². The summed E-state index contributed by atoms with van der Waals surface area (Å²) in [4.78, 5) is 36.3. The highest BCUT2D eigenvalue weighted by Crippen LogP contribution is 2.35. The van der Waals surface area contributed by atoms with Gasteiger partial charge in [-0.1, -0.05) is 0 Å². The van der Waals surface area contributed by atoms with Gasteiger partial charge in [-0.2, -0.15) is 18.3 Å². The number of aromatic amines is 1. The lowest BCUT2D eigenvalue weighted by Gasteiger charge is -2.54. The number of rotatable bonds is 7. The van der Waals surface area contributed by atoms with Crippen molar-refractivity contribution >= 4 is 16.9 Å². The zero-order valence-electron chi connectivity index (χ0n) is 24.9. The van der Waals surface area contributed by atoms with Gasteiger partial charge in [0.05, 0.1) is 17.6 Å². The Kier molecular flexibility index (Phi) is 7.66. The summed E-state index contributed by atoms with van der Waals surface area (Å²) >= 11 is 0. The predicted molar refractivity (Wildman–Crippen MR) is 156 cm³/mol. The van der Waals surface area contributed by atoms with Crippen LogP contribution in [0.25, 0.3) is 22.3 Å². The fraction of sp³-hybridized carbons (Fsp3) is 0.517. The number of piperidine rings is 1. The van der Waals surface area contributed by atoms with E-state index >= 15 is 0 Å². The van der Waals surface area contributed by atoms with Crippen molar-refractivity contribution in [3.8, 4) is 11.3 Å². The number of nitrogens with one attached hydrogen (secondary N) is 2. The number of likely N-dealkylation sites (tertiary alicyclic amines) is 2. The highest BCUT2D eigenvalue weighted by molar-refractivity contribution is 5.92. The van der Waals surface area contributed by atoms with Gasteiger partial charge in [-0.25, -0.2) is 19.9 Å². The van der Waals surface area contributed by atoms with Crippen molar-refractivity contribution in [2.45, 2.75) is 63.5 Å². The maximum Gasteiger partial charge on any atom is 0.451 e. The van der Waals surface area contributed by atoms with Gasteiger partial charge in [0.1, 0.15) is 23.2 Å². The zero-order chi connectivity index (χ0) is 31.3. The van der Waals surface area contributed by atoms with E-state index in [1.165, 1.54) is 12.4 Å². The van der Waals surface area contributed by atoms with Crippen LogP contribution < -0.4 is 11.1 Å². The topological polar surface area (TPSA) is 147 Å². The summed E-state index contributed by atoms with van der Waals surface area (Å²) in [5, 5.41) is 8.68. The summed E-state index contributed by atoms with van der Waals surface area (Å²) in [6.07, 6.45) is 3.75. The first kappa shape index (κ1) is 30.1. The standard InChI is InChI=1S/C29H36F3N11O/c1-27(2,3)37-12-19-10-22(40-26(39-19)29(30,31)32)25(44)41-8-5-20(6-9-41)42-15-28(14-33,16-42)43-13-18(11-38-43)23-21-4-7-34-24(21)36-17-35-23/h4,7,10-11,13,17,20,37H,5-6,8-9,12,14-16,33H2,1-3H3,(H,34,35,36). The molecule has 0 radical (unpaired) electrons. The van der Waals surface area contributed by atoms with E-state index in [9.17, 15) is 18.0 Å². The van der Waals surface area contributed by atoms with E-state index in [-0.39, 0.29) is 35.1 Å². The first-order valence-electron chi connectivity index (χ1n) is 14.6. The molecule has 6 heterocycles. The van der Waals surface area contributed by atoms with Crippen molar-refractivity contribution in [2.75, 3.05) is 32.7 Å². The first-order valence-corrected chi connectivity index (χ1v) is 14.6. The molecule has 0 saturated carbocycles. The number of carbonyl (C=O) groups is 1. The molecular weight excluding hydrogens is 575 g/mol. The minimum Gasteiger partial charge on any atom is -0.346 e. The van der Waals surface area contributed by atoms with Gasteiger partial charge < -0.3 is 20.9 Å². The van der Waals surface area contributed by atoms with E-state index in [0.717, 1.165) is 22.3 Å². The lowest BCUT2D eigenvalue weighted by Crippen LogP contribution is -2.69. The summed E-state index contributed by atoms with van der Waals surface area (Å²) in [6.45, 7) is 8.45. The van der Waals surface area contributed by atoms with Gasteiger partial charge in [0.2, 0.25) is 5.82 Å². The van der Waals surface area contributed by atoms with Crippen LogP contribution in [-0.4, -0.2) is 94.7 Å². The van der Waals surface area contributed by atoms with Gasteiger partial charge in [-0.15, -0.1) is 0 Å². The molecule has 44 heavy (non-hydrogen) atoms. The van der Waals surface area contributed by atoms with Crippen molar-refractivity contribution in [1.82, 2.24) is 49.8 Å². The number of carbonyl (C=O) groups excluding carboxylic acids is 1. The van der Waals surface area contributed by atoms with Gasteiger partial charge in [-0.05, 0) is 45.7 Å². The summed E-state index contributed by atoms with van der Waals surface area (Å²) < 4.78 is 42.6. The van der Waals surface area contributed by atoms with Crippen LogP contribution in [0, 0.1) is 0 Å². The number of aromatic nitrogens is 7. The summed E-state index contributed by atoms with van der Waals surface area (Å²) in [5.41, 5.74) is 7.90. The van der Waals surface area contributed by atoms with E-state index < -0.39 is 17.9 Å². The predicted octanol–water partition coefficient (Wildman–Crippen LogP) is 2.79. The van der Waals surface area contributed by atoms with Crippen molar-refractivity contribution in [2.24, 2.45) is 5.73 Å². The lowest BCUT2D eigenvalue weighted by atomic mass is 9.86. The number of hydrogen-bond acceptors (Lipinski definition) is 9. The van der Waals surface area contributed by atoms with E-state index in [2.05, 4.69) is 40.2 Å². The molecule has 1 amide bonds. The molecule has 0 aliphatic carbocycles. The summed E-state index contributed by atoms with van der Waals surface area (Å²) in [7, 11) is 0. The Morgan fingerprint density at radius 2 is 1.91 bits per heavy atom. The van der Waals surface area contributed by atoms with Crippen LogP contribution in [0.5, 0.6) is 0 Å². The maximum atomic E-state index is 13.6. The monoisotopic (exact) mass is 611 g/mol. The number of amides is 1. The van der Waals surface area contributed by atoms with Crippen LogP contribution >= 0.6 is 0 Å². The molecule has 0 aromatic carbocycles. The zero-order valence-corrected chi connectivity index (χ0v) is 24.9. The average Bonchev–Trinajstić information content (AvgIpc) is 3.65. The van der Waals surface area contributed by atoms with Crippen LogP contribution in [-0.2, 0) is 18.3 Å². The largest absolute Gasteiger partial charge is 0.451 e. The number of nitrogens with zero attached hydrogens (tertiary/aromatic N) is 8. The lowest BCUT2D eigenvalue weighted by molar-refractivity contribution is -0.145. The fourth-order valence-corrected chi connectivity index (χ4v) is 5.92. The molecule has 2 saturated heterocycles. The quantitative estimate of drug-likeness (QED) is 0.287. The van der Waals surface area contributed by atoms with Gasteiger partial charge in [0.15, 0.2) is 0 Å². The van der Waals surface area contributed by atoms with E-state index in [0.29, 0.717) is 45.6 Å². The number of H-pyrrole nitrogens is 1. The fourth-order valence-electron chi connectivity index (χ4n) is 5.92. The Hall–Kier alpha value is -3.95. The highest BCUT2D eigenvalue weighted by Gasteiger charge is 2.47. The van der Waals surface area contributed by atoms with Crippen molar-refractivity contribution in [1.29, 1.82) is 0 Å². The molecule has 0 unspecified atom stereocenters. The van der Waals surface area contributed by atoms with Crippen LogP contribution in [0.3, 0.4) is 0 Å². The second-order valence-electron chi connectivity index (χ2n) is 12.7. The van der Waals surface area contributed by atoms with Gasteiger partial charge in [-0.3, -0.25) is 14.4 Å². The smallest absolute Gasteiger partial charge is 0.346 e. The molecular formula is C29H36F3N11O. The molecule has 4 aromatic rings. The van der Waals surface area contributed by atoms with Crippen molar-refractivity contribution in [3.63, 3.8) is 0 Å². The van der Waals surface area contributed by atoms with Crippen molar-refractivity contribution in [3.05, 3.63) is 54.3 Å². The second kappa shape index (κ2) is 11.2. The molecule has 12 nitrogen and oxygen atoms in total. The van der Waals surface area contributed by atoms with E-state index in [1.807, 2.05) is 43.9 Å². The Bertz CT molecular complexity index is 1640. The third kappa shape index (κ3) is 5.90. The van der Waals surface area contributed by atoms with E-state index in [1.54, 1.807) is 11.1 Å². The SMILES string of the molecule is CC(C)(C)NCc1cc(C(=O)N2CCC(N3CC(CN)(n4cc(-c5ncnc6[nH]ccc56)cn4)C3)CC2)nc(C(F)(F)F)n1. The Labute approximate surface area is 252 Å². The van der Waals surface area contributed by atoms with Gasteiger partial charge >= 0.3 is 6.18 Å². The number of nitrogens with two attached hydrogens (primary N) is 1. The van der Waals surface area contributed by atoms with Gasteiger partial charge in [0.25, 0.3) is 5.91 Å². The van der Waals surface area contributed by atoms with Crippen LogP contribution in [0.4, 0.5) is 13.2 Å². The molecule has 234 valence electrons. The Morgan fingerprint density at radius 3 is 2.59 bits per heavy atom. The molecule has 0 spiro atoms. The second-order valence-corrected chi connectivity index (χ2v) is 12.7. The third-order valence-corrected chi connectivity index (χ3v) is 8.39. The number of halogens is 3. The number of fused-ring (bicyclic) bond motifs is 1. The number of alkyl halides is 3. The molecule has 2 fully saturated rings. The molecule has 6 rings (SSSR count). The molecule has 0 bridgehead atoms. The van der Waals surface area contributed by atoms with E-state index in [4.69, 9.17) is 5.73 Å². The number of hydrogen-bond donors (Lipinski definition) is 3. The molecule has 15 heteroatoms. The minimum absolute atomic E-state index is 0.0859. The van der Waals surface area contributed by atoms with Crippen LogP contribution in [0.15, 0.2) is 37.1 Å². The Morgan fingerprint density at radius 1 is 1.16 bits per heavy atom. The van der Waals surface area contributed by atoms with Gasteiger partial charge in [0, 0.05) is 74.2 Å². The minimum atomic E-state index is -4.76. The van der Waals surface area contributed by atoms with Crippen LogP contribution in [0.1, 0.15) is 55.6 Å². The molecule has 0 atom stereocenters. The highest BCUT2D eigenvalue weighted by atomic mass is 19.4. The molecule has 4 aromatic heterocycles. The Balaban J connectivity index is 1.09. The molecule has 2 aliphatic heterocycles. The normalized spacial score (nSPS) is 18.1. The molecule has 2 aliphatic rings. The molecule has 4 N–H and O–H groups in total.